The predicted octanol–water partition coefficient (Wildman–Crippen LogP) is 3.63. The summed E-state index contributed by atoms with van der Waals surface area (Å²) in [5, 5.41) is 9.06. The zero-order chi connectivity index (χ0) is 15.8. The molecular formula is C13H12BrNO4S2. The van der Waals surface area contributed by atoms with Crippen LogP contribution in [0.3, 0.4) is 0 Å². The van der Waals surface area contributed by atoms with E-state index in [9.17, 15) is 13.2 Å². The third-order valence-corrected chi connectivity index (χ3v) is 6.81. The van der Waals surface area contributed by atoms with Crippen LogP contribution in [0.2, 0.25) is 0 Å². The Morgan fingerprint density at radius 2 is 1.90 bits per heavy atom. The fourth-order valence-electron chi connectivity index (χ4n) is 1.69. The van der Waals surface area contributed by atoms with Gasteiger partial charge in [0.25, 0.3) is 10.0 Å². The van der Waals surface area contributed by atoms with Crippen molar-refractivity contribution in [3.05, 3.63) is 44.7 Å². The molecule has 0 saturated carbocycles. The quantitative estimate of drug-likeness (QED) is 0.835. The van der Waals surface area contributed by atoms with Crippen molar-refractivity contribution in [3.63, 3.8) is 0 Å². The number of hydrogen-bond acceptors (Lipinski definition) is 4. The van der Waals surface area contributed by atoms with Gasteiger partial charge in [-0.05, 0) is 59.1 Å². The summed E-state index contributed by atoms with van der Waals surface area (Å²) in [6.45, 7) is 3.45. The van der Waals surface area contributed by atoms with Gasteiger partial charge in [-0.15, -0.1) is 11.3 Å². The minimum atomic E-state index is -3.72. The van der Waals surface area contributed by atoms with Crippen molar-refractivity contribution in [1.29, 1.82) is 0 Å². The van der Waals surface area contributed by atoms with Crippen molar-refractivity contribution in [2.75, 3.05) is 4.72 Å². The van der Waals surface area contributed by atoms with Crippen molar-refractivity contribution >= 4 is 48.9 Å². The van der Waals surface area contributed by atoms with Crippen molar-refractivity contribution in [2.24, 2.45) is 0 Å². The summed E-state index contributed by atoms with van der Waals surface area (Å²) in [7, 11) is -3.72. The van der Waals surface area contributed by atoms with E-state index < -0.39 is 16.0 Å². The molecule has 0 aliphatic rings. The van der Waals surface area contributed by atoms with Crippen LogP contribution in [-0.2, 0) is 10.0 Å². The molecule has 0 bridgehead atoms. The normalized spacial score (nSPS) is 11.4. The Hall–Kier alpha value is -1.38. The van der Waals surface area contributed by atoms with Crippen LogP contribution in [0.25, 0.3) is 0 Å². The molecule has 0 amide bonds. The van der Waals surface area contributed by atoms with E-state index >= 15 is 0 Å². The lowest BCUT2D eigenvalue weighted by molar-refractivity contribution is 0.0696. The first-order chi connectivity index (χ1) is 9.70. The SMILES string of the molecule is Cc1ccc(NS(=O)(=O)c2cc(C)c(Br)s2)cc1C(=O)O. The minimum absolute atomic E-state index is 0.0683. The van der Waals surface area contributed by atoms with Crippen molar-refractivity contribution in [1.82, 2.24) is 0 Å². The van der Waals surface area contributed by atoms with Gasteiger partial charge in [0.1, 0.15) is 4.21 Å². The lowest BCUT2D eigenvalue weighted by atomic mass is 10.1. The Balaban J connectivity index is 2.37. The van der Waals surface area contributed by atoms with Gasteiger partial charge in [-0.25, -0.2) is 13.2 Å². The molecule has 8 heteroatoms. The number of nitrogens with one attached hydrogen (secondary N) is 1. The minimum Gasteiger partial charge on any atom is -0.478 e. The second-order valence-corrected chi connectivity index (χ2v) is 8.74. The molecular weight excluding hydrogens is 378 g/mol. The molecule has 0 spiro atoms. The highest BCUT2D eigenvalue weighted by Gasteiger charge is 2.19. The summed E-state index contributed by atoms with van der Waals surface area (Å²) in [6.07, 6.45) is 0. The second-order valence-electron chi connectivity index (χ2n) is 4.46. The number of sulfonamides is 1. The molecule has 0 atom stereocenters. The molecule has 5 nitrogen and oxygen atoms in total. The fraction of sp³-hybridized carbons (Fsp3) is 0.154. The standard InChI is InChI=1S/C13H12BrNO4S2/c1-7-3-4-9(6-10(7)13(16)17)15-21(18,19)11-5-8(2)12(14)20-11/h3-6,15H,1-2H3,(H,16,17). The monoisotopic (exact) mass is 389 g/mol. The highest BCUT2D eigenvalue weighted by atomic mass is 79.9. The average Bonchev–Trinajstić information content (AvgIpc) is 2.72. The van der Waals surface area contributed by atoms with Gasteiger partial charge in [0, 0.05) is 5.69 Å². The summed E-state index contributed by atoms with van der Waals surface area (Å²) >= 11 is 4.39. The van der Waals surface area contributed by atoms with E-state index in [1.807, 2.05) is 0 Å². The van der Waals surface area contributed by atoms with Crippen LogP contribution in [0.1, 0.15) is 21.5 Å². The van der Waals surface area contributed by atoms with Crippen molar-refractivity contribution in [3.8, 4) is 0 Å². The number of aromatic carboxylic acids is 1. The zero-order valence-corrected chi connectivity index (χ0v) is 14.4. The number of halogens is 1. The lowest BCUT2D eigenvalue weighted by Gasteiger charge is -2.08. The number of rotatable bonds is 4. The zero-order valence-electron chi connectivity index (χ0n) is 11.2. The Labute approximate surface area is 134 Å². The largest absolute Gasteiger partial charge is 0.478 e. The third-order valence-electron chi connectivity index (χ3n) is 2.82. The van der Waals surface area contributed by atoms with E-state index in [2.05, 4.69) is 20.7 Å². The first-order valence-corrected chi connectivity index (χ1v) is 8.92. The Kier molecular flexibility index (Phi) is 4.40. The molecule has 0 saturated heterocycles. The number of thiophene rings is 1. The van der Waals surface area contributed by atoms with Crippen LogP contribution >= 0.6 is 27.3 Å². The maximum absolute atomic E-state index is 12.3. The number of hydrogen-bond donors (Lipinski definition) is 2. The van der Waals surface area contributed by atoms with Crippen LogP contribution in [-0.4, -0.2) is 19.5 Å². The molecule has 1 aromatic heterocycles. The van der Waals surface area contributed by atoms with E-state index in [4.69, 9.17) is 5.11 Å². The van der Waals surface area contributed by atoms with E-state index in [-0.39, 0.29) is 15.5 Å². The van der Waals surface area contributed by atoms with Crippen LogP contribution in [0, 0.1) is 13.8 Å². The van der Waals surface area contributed by atoms with Gasteiger partial charge in [0.2, 0.25) is 0 Å². The van der Waals surface area contributed by atoms with E-state index in [0.29, 0.717) is 5.56 Å². The number of carboxylic acid groups (broad SMARTS) is 1. The molecule has 2 aromatic rings. The van der Waals surface area contributed by atoms with Crippen molar-refractivity contribution < 1.29 is 18.3 Å². The third kappa shape index (κ3) is 3.45. The van der Waals surface area contributed by atoms with Crippen LogP contribution in [0.5, 0.6) is 0 Å². The van der Waals surface area contributed by atoms with Gasteiger partial charge >= 0.3 is 5.97 Å². The number of carboxylic acids is 1. The highest BCUT2D eigenvalue weighted by Crippen LogP contribution is 2.31. The molecule has 0 aliphatic heterocycles. The van der Waals surface area contributed by atoms with Crippen LogP contribution in [0.4, 0.5) is 5.69 Å². The summed E-state index contributed by atoms with van der Waals surface area (Å²) in [5.41, 5.74) is 1.69. The van der Waals surface area contributed by atoms with Gasteiger partial charge in [-0.2, -0.15) is 0 Å². The van der Waals surface area contributed by atoms with E-state index in [1.54, 1.807) is 26.0 Å². The smallest absolute Gasteiger partial charge is 0.336 e. The first-order valence-electron chi connectivity index (χ1n) is 5.83. The molecule has 1 aromatic carbocycles. The molecule has 21 heavy (non-hydrogen) atoms. The molecule has 112 valence electrons. The molecule has 0 unspecified atom stereocenters. The second kappa shape index (κ2) is 5.78. The maximum Gasteiger partial charge on any atom is 0.336 e. The predicted molar refractivity (Wildman–Crippen MR) is 85.7 cm³/mol. The van der Waals surface area contributed by atoms with Gasteiger partial charge in [0.15, 0.2) is 0 Å². The fourth-order valence-corrected chi connectivity index (χ4v) is 4.96. The van der Waals surface area contributed by atoms with Crippen LogP contribution in [0.15, 0.2) is 32.3 Å². The Bertz CT molecular complexity index is 792. The Morgan fingerprint density at radius 3 is 2.43 bits per heavy atom. The number of benzene rings is 1. The Morgan fingerprint density at radius 1 is 1.24 bits per heavy atom. The molecule has 2 rings (SSSR count). The highest BCUT2D eigenvalue weighted by molar-refractivity contribution is 9.11. The van der Waals surface area contributed by atoms with E-state index in [0.717, 1.165) is 20.7 Å². The molecule has 2 N–H and O–H groups in total. The van der Waals surface area contributed by atoms with Gasteiger partial charge in [-0.1, -0.05) is 6.07 Å². The van der Waals surface area contributed by atoms with Crippen LogP contribution < -0.4 is 4.72 Å². The molecule has 1 heterocycles. The first kappa shape index (κ1) is 16.0. The summed E-state index contributed by atoms with van der Waals surface area (Å²) in [5.74, 6) is -1.09. The number of carbonyl (C=O) groups is 1. The van der Waals surface area contributed by atoms with Gasteiger partial charge in [0.05, 0.1) is 9.35 Å². The summed E-state index contributed by atoms with van der Waals surface area (Å²) < 4.78 is 27.8. The summed E-state index contributed by atoms with van der Waals surface area (Å²) in [6, 6.07) is 5.97. The maximum atomic E-state index is 12.3. The van der Waals surface area contributed by atoms with Gasteiger partial charge < -0.3 is 5.11 Å². The van der Waals surface area contributed by atoms with Gasteiger partial charge in [-0.3, -0.25) is 4.72 Å². The molecule has 0 aliphatic carbocycles. The number of anilines is 1. The number of aryl methyl sites for hydroxylation is 2. The van der Waals surface area contributed by atoms with E-state index in [1.165, 1.54) is 12.1 Å². The van der Waals surface area contributed by atoms with Crippen molar-refractivity contribution in [2.45, 2.75) is 18.1 Å². The topological polar surface area (TPSA) is 83.5 Å². The lowest BCUT2D eigenvalue weighted by Crippen LogP contribution is -2.12. The summed E-state index contributed by atoms with van der Waals surface area (Å²) in [4.78, 5) is 11.1. The average molecular weight is 390 g/mol. The molecule has 0 fully saturated rings. The molecule has 0 radical (unpaired) electrons.